The van der Waals surface area contributed by atoms with Crippen LogP contribution in [0.15, 0.2) is 22.3 Å². The number of hydrogen-bond donors (Lipinski definition) is 0. The molecule has 0 saturated carbocycles. The molecule has 0 bridgehead atoms. The molecule has 0 heterocycles. The highest BCUT2D eigenvalue weighted by Crippen LogP contribution is 2.71. The third-order valence-corrected chi connectivity index (χ3v) is 13.6. The molecule has 0 aliphatic heterocycles. The van der Waals surface area contributed by atoms with E-state index in [2.05, 4.69) is 62.3 Å². The molecule has 1 aliphatic carbocycles. The first-order valence-electron chi connectivity index (χ1n) is 7.08. The summed E-state index contributed by atoms with van der Waals surface area (Å²) in [5.74, 6) is 0. The summed E-state index contributed by atoms with van der Waals surface area (Å²) in [6.45, 7) is 21.4. The second-order valence-electron chi connectivity index (χ2n) is 6.42. The Morgan fingerprint density at radius 2 is 1.17 bits per heavy atom. The van der Waals surface area contributed by atoms with Gasteiger partial charge in [-0.1, -0.05) is 34.4 Å². The van der Waals surface area contributed by atoms with Gasteiger partial charge in [-0.25, -0.2) is 0 Å². The number of allylic oxidation sites excluding steroid dienone is 4. The SMILES string of the molecule is CC1=C(C)C(C)([P-][PH+](C(C)C)C(C)C)C(C)=C1C. The molecular formula is C16H30P2. The number of rotatable bonds is 4. The van der Waals surface area contributed by atoms with Gasteiger partial charge in [-0.2, -0.15) is 0 Å². The minimum Gasteiger partial charge on any atom is -0.313 e. The molecule has 18 heavy (non-hydrogen) atoms. The van der Waals surface area contributed by atoms with Crippen LogP contribution in [0.3, 0.4) is 0 Å². The van der Waals surface area contributed by atoms with Crippen molar-refractivity contribution >= 4 is 15.9 Å². The predicted molar refractivity (Wildman–Crippen MR) is 90.7 cm³/mol. The lowest BCUT2D eigenvalue weighted by Crippen LogP contribution is -2.20. The van der Waals surface area contributed by atoms with Crippen molar-refractivity contribution in [3.05, 3.63) is 22.3 Å². The minimum absolute atomic E-state index is 0.316. The maximum Gasteiger partial charge on any atom is 0.0354 e. The summed E-state index contributed by atoms with van der Waals surface area (Å²) in [7, 11) is 1.37. The molecule has 1 aliphatic rings. The molecule has 0 N–H and O–H groups in total. The van der Waals surface area contributed by atoms with Crippen molar-refractivity contribution in [1.82, 2.24) is 0 Å². The van der Waals surface area contributed by atoms with Crippen LogP contribution in [0.2, 0.25) is 0 Å². The highest BCUT2D eigenvalue weighted by atomic mass is 32.0. The molecule has 0 fully saturated rings. The van der Waals surface area contributed by atoms with Crippen LogP contribution >= 0.6 is 15.9 Å². The van der Waals surface area contributed by atoms with E-state index in [0.717, 1.165) is 11.3 Å². The largest absolute Gasteiger partial charge is 0.313 e. The van der Waals surface area contributed by atoms with Crippen LogP contribution in [0, 0.1) is 0 Å². The van der Waals surface area contributed by atoms with Crippen LogP contribution in [0.25, 0.3) is 0 Å². The second-order valence-corrected chi connectivity index (χ2v) is 12.9. The summed E-state index contributed by atoms with van der Waals surface area (Å²) in [6, 6.07) is 0. The van der Waals surface area contributed by atoms with Gasteiger partial charge in [0.1, 0.15) is 0 Å². The van der Waals surface area contributed by atoms with Crippen molar-refractivity contribution in [2.24, 2.45) is 0 Å². The van der Waals surface area contributed by atoms with Crippen LogP contribution in [0.5, 0.6) is 0 Å². The normalized spacial score (nSPS) is 20.7. The van der Waals surface area contributed by atoms with E-state index in [9.17, 15) is 0 Å². The highest BCUT2D eigenvalue weighted by molar-refractivity contribution is 8.22. The lowest BCUT2D eigenvalue weighted by atomic mass is 9.98. The Morgan fingerprint density at radius 3 is 1.44 bits per heavy atom. The van der Waals surface area contributed by atoms with Crippen molar-refractivity contribution in [2.45, 2.75) is 78.8 Å². The van der Waals surface area contributed by atoms with Gasteiger partial charge in [-0.05, 0) is 55.4 Å². The monoisotopic (exact) mass is 284 g/mol. The summed E-state index contributed by atoms with van der Waals surface area (Å²) in [4.78, 5) is 0. The van der Waals surface area contributed by atoms with Crippen LogP contribution < -0.4 is 0 Å². The summed E-state index contributed by atoms with van der Waals surface area (Å²) < 4.78 is 0. The fraction of sp³-hybridized carbons (Fsp3) is 0.750. The van der Waals surface area contributed by atoms with Crippen LogP contribution in [0.1, 0.15) is 62.3 Å². The van der Waals surface area contributed by atoms with Crippen molar-refractivity contribution < 1.29 is 0 Å². The Kier molecular flexibility index (Phi) is 5.25. The first kappa shape index (κ1) is 16.4. The van der Waals surface area contributed by atoms with Crippen molar-refractivity contribution in [3.8, 4) is 0 Å². The quantitative estimate of drug-likeness (QED) is 0.529. The fourth-order valence-electron chi connectivity index (χ4n) is 2.92. The molecular weight excluding hydrogens is 254 g/mol. The zero-order chi connectivity index (χ0) is 14.2. The van der Waals surface area contributed by atoms with Crippen molar-refractivity contribution in [2.75, 3.05) is 0 Å². The second kappa shape index (κ2) is 5.76. The van der Waals surface area contributed by atoms with Crippen molar-refractivity contribution in [1.29, 1.82) is 0 Å². The van der Waals surface area contributed by atoms with E-state index in [0.29, 0.717) is 5.16 Å². The Hall–Kier alpha value is 0.340. The molecule has 104 valence electrons. The molecule has 0 atom stereocenters. The molecule has 0 radical (unpaired) electrons. The Balaban J connectivity index is 3.10. The maximum absolute atomic E-state index is 2.47. The van der Waals surface area contributed by atoms with Gasteiger partial charge in [0.05, 0.1) is 0 Å². The molecule has 0 aromatic heterocycles. The summed E-state index contributed by atoms with van der Waals surface area (Å²) in [5.41, 5.74) is 8.02. The Morgan fingerprint density at radius 1 is 0.833 bits per heavy atom. The molecule has 0 unspecified atom stereocenters. The van der Waals surface area contributed by atoms with Gasteiger partial charge in [0.2, 0.25) is 0 Å². The smallest absolute Gasteiger partial charge is 0.0354 e. The fourth-order valence-corrected chi connectivity index (χ4v) is 10.1. The van der Waals surface area contributed by atoms with Crippen LogP contribution in [0.4, 0.5) is 0 Å². The van der Waals surface area contributed by atoms with Gasteiger partial charge in [-0.3, -0.25) is 0 Å². The van der Waals surface area contributed by atoms with Gasteiger partial charge < -0.3 is 8.27 Å². The van der Waals surface area contributed by atoms with E-state index < -0.39 is 0 Å². The van der Waals surface area contributed by atoms with E-state index in [-0.39, 0.29) is 7.61 Å². The van der Waals surface area contributed by atoms with E-state index in [1.54, 1.807) is 19.4 Å². The first-order valence-corrected chi connectivity index (χ1v) is 10.5. The van der Waals surface area contributed by atoms with Crippen LogP contribution in [-0.2, 0) is 0 Å². The predicted octanol–water partition coefficient (Wildman–Crippen LogP) is 6.32. The Labute approximate surface area is 117 Å². The van der Waals surface area contributed by atoms with Crippen molar-refractivity contribution in [3.63, 3.8) is 0 Å². The van der Waals surface area contributed by atoms with Gasteiger partial charge in [-0.15, -0.1) is 7.61 Å². The molecule has 1 rings (SSSR count). The molecule has 2 heteroatoms. The molecule has 0 aromatic carbocycles. The van der Waals surface area contributed by atoms with E-state index >= 15 is 0 Å². The standard InChI is InChI=1S/C16H30P2/c1-10(2)18(11(3)4)17-16(9)14(7)12(5)13(6)15(16)8/h10-11,18H,1-9H3. The Bertz CT molecular complexity index is 354. The average Bonchev–Trinajstić information content (AvgIpc) is 2.42. The first-order chi connectivity index (χ1) is 8.12. The topological polar surface area (TPSA) is 0 Å². The molecule has 0 nitrogen and oxygen atoms in total. The lowest BCUT2D eigenvalue weighted by Gasteiger charge is -2.44. The van der Waals surface area contributed by atoms with E-state index in [1.165, 1.54) is 11.1 Å². The zero-order valence-corrected chi connectivity index (χ0v) is 15.5. The summed E-state index contributed by atoms with van der Waals surface area (Å²) in [5, 5.41) is 0.316. The van der Waals surface area contributed by atoms with Gasteiger partial charge >= 0.3 is 0 Å². The lowest BCUT2D eigenvalue weighted by molar-refractivity contribution is 0.872. The average molecular weight is 284 g/mol. The van der Waals surface area contributed by atoms with E-state index in [4.69, 9.17) is 0 Å². The summed E-state index contributed by atoms with van der Waals surface area (Å²) >= 11 is 0. The van der Waals surface area contributed by atoms with Gasteiger partial charge in [0, 0.05) is 11.3 Å². The van der Waals surface area contributed by atoms with Gasteiger partial charge in [0.25, 0.3) is 0 Å². The zero-order valence-electron chi connectivity index (χ0n) is 13.6. The third kappa shape index (κ3) is 2.76. The molecule has 0 aromatic rings. The van der Waals surface area contributed by atoms with Crippen LogP contribution in [-0.4, -0.2) is 16.5 Å². The van der Waals surface area contributed by atoms with Gasteiger partial charge in [0.15, 0.2) is 0 Å². The third-order valence-electron chi connectivity index (χ3n) is 4.68. The molecule has 0 saturated heterocycles. The maximum atomic E-state index is 2.47. The number of hydrogen-bond acceptors (Lipinski definition) is 0. The molecule has 0 spiro atoms. The highest BCUT2D eigenvalue weighted by Gasteiger charge is 2.33. The summed E-state index contributed by atoms with van der Waals surface area (Å²) in [6.07, 6.45) is 0. The minimum atomic E-state index is -0.327. The van der Waals surface area contributed by atoms with E-state index in [1.807, 2.05) is 0 Å². The molecule has 0 amide bonds.